The first-order valence-corrected chi connectivity index (χ1v) is 6.35. The third-order valence-electron chi connectivity index (χ3n) is 1.13. The van der Waals surface area contributed by atoms with Crippen molar-refractivity contribution in [1.82, 2.24) is 0 Å². The van der Waals surface area contributed by atoms with Gasteiger partial charge in [-0.3, -0.25) is 0 Å². The van der Waals surface area contributed by atoms with E-state index < -0.39 is 16.5 Å². The quantitative estimate of drug-likeness (QED) is 0.426. The minimum atomic E-state index is -3.24. The van der Waals surface area contributed by atoms with E-state index in [1.165, 1.54) is 5.56 Å². The largest absolute Gasteiger partial charge is 2.00 e. The predicted octanol–water partition coefficient (Wildman–Crippen LogP) is 1.08. The molecule has 2 unspecified atom stereocenters. The van der Waals surface area contributed by atoms with Crippen LogP contribution in [0.3, 0.4) is 0 Å². The Kier molecular flexibility index (Phi) is 15.4. The molecule has 1 aromatic rings. The van der Waals surface area contributed by atoms with E-state index in [1.54, 1.807) is 0 Å². The molecule has 1 aromatic carbocycles. The zero-order valence-electron chi connectivity index (χ0n) is 8.11. The zero-order chi connectivity index (χ0) is 11.7. The first-order valence-electron chi connectivity index (χ1n) is 3.63. The molecular formula is C7H7BaClO5P2+2. The normalized spacial score (nSPS) is 10.4. The smallest absolute Gasteiger partial charge is 0.563 e. The molecule has 5 nitrogen and oxygen atoms in total. The van der Waals surface area contributed by atoms with Crippen LogP contribution < -0.4 is 9.79 Å². The second-order valence-corrected chi connectivity index (χ2v) is 3.96. The molecule has 82 valence electrons. The fourth-order valence-electron chi connectivity index (χ4n) is 0.622. The molecular weight excluding hydrogens is 399 g/mol. The van der Waals surface area contributed by atoms with Crippen molar-refractivity contribution in [2.75, 3.05) is 0 Å². The average Bonchev–Trinajstić information content (AvgIpc) is 2.18. The Morgan fingerprint density at radius 2 is 1.56 bits per heavy atom. The van der Waals surface area contributed by atoms with Gasteiger partial charge in [0, 0.05) is 5.88 Å². The molecule has 0 radical (unpaired) electrons. The second-order valence-electron chi connectivity index (χ2n) is 2.15. The van der Waals surface area contributed by atoms with Crippen LogP contribution in [-0.2, 0) is 19.3 Å². The number of halogens is 1. The van der Waals surface area contributed by atoms with Crippen molar-refractivity contribution in [3.8, 4) is 0 Å². The van der Waals surface area contributed by atoms with Crippen molar-refractivity contribution in [2.45, 2.75) is 5.88 Å². The van der Waals surface area contributed by atoms with Gasteiger partial charge < -0.3 is 9.79 Å². The topological polar surface area (TPSA) is 89.5 Å². The third-order valence-corrected chi connectivity index (χ3v) is 2.51. The number of hydrogen-bond donors (Lipinski definition) is 0. The molecule has 0 aliphatic rings. The summed E-state index contributed by atoms with van der Waals surface area (Å²) in [7, 11) is -6.47. The molecule has 0 aliphatic carbocycles. The Morgan fingerprint density at radius 1 is 1.12 bits per heavy atom. The maximum atomic E-state index is 9.24. The number of hydrogen-bond acceptors (Lipinski definition) is 5. The summed E-state index contributed by atoms with van der Waals surface area (Å²) >= 11 is 5.53. The molecule has 0 fully saturated rings. The average molecular weight is 406 g/mol. The number of alkyl halides is 1. The van der Waals surface area contributed by atoms with Gasteiger partial charge in [-0.2, -0.15) is 0 Å². The van der Waals surface area contributed by atoms with Crippen molar-refractivity contribution in [2.24, 2.45) is 0 Å². The van der Waals surface area contributed by atoms with Gasteiger partial charge in [-0.15, -0.1) is 11.6 Å². The first-order chi connectivity index (χ1) is 7.06. The Hall–Kier alpha value is 1.16. The Morgan fingerprint density at radius 3 is 1.75 bits per heavy atom. The van der Waals surface area contributed by atoms with Crippen LogP contribution in [0.15, 0.2) is 30.3 Å². The van der Waals surface area contributed by atoms with Crippen LogP contribution in [0.2, 0.25) is 0 Å². The van der Waals surface area contributed by atoms with Crippen LogP contribution in [0.25, 0.3) is 0 Å². The summed E-state index contributed by atoms with van der Waals surface area (Å²) < 4.78 is 21.6. The second kappa shape index (κ2) is 12.6. The molecule has 0 aliphatic heterocycles. The van der Waals surface area contributed by atoms with Gasteiger partial charge in [0.05, 0.1) is 0 Å². The third kappa shape index (κ3) is 13.2. The van der Waals surface area contributed by atoms with E-state index in [0.29, 0.717) is 5.88 Å². The van der Waals surface area contributed by atoms with Crippen LogP contribution in [0.1, 0.15) is 5.56 Å². The van der Waals surface area contributed by atoms with E-state index in [4.69, 9.17) is 11.6 Å². The maximum absolute atomic E-state index is 9.24. The van der Waals surface area contributed by atoms with Crippen molar-refractivity contribution >= 4 is 77.0 Å². The van der Waals surface area contributed by atoms with Crippen molar-refractivity contribution in [1.29, 1.82) is 0 Å². The van der Waals surface area contributed by atoms with E-state index in [9.17, 15) is 18.9 Å². The summed E-state index contributed by atoms with van der Waals surface area (Å²) in [5.41, 5.74) is 1.18. The van der Waals surface area contributed by atoms with Crippen molar-refractivity contribution < 1.29 is 23.2 Å². The van der Waals surface area contributed by atoms with Gasteiger partial charge in [0.25, 0.3) is 0 Å². The Bertz CT molecular complexity index is 312. The van der Waals surface area contributed by atoms with Crippen LogP contribution in [0.4, 0.5) is 0 Å². The number of rotatable bonds is 3. The van der Waals surface area contributed by atoms with Crippen molar-refractivity contribution in [3.05, 3.63) is 35.9 Å². The summed E-state index contributed by atoms with van der Waals surface area (Å²) in [5, 5.41) is 0. The van der Waals surface area contributed by atoms with Crippen LogP contribution in [0, 0.1) is 0 Å². The van der Waals surface area contributed by atoms with E-state index in [1.807, 2.05) is 30.3 Å². The molecule has 9 heteroatoms. The van der Waals surface area contributed by atoms with Gasteiger partial charge in [0.1, 0.15) is 4.31 Å². The summed E-state index contributed by atoms with van der Waals surface area (Å²) in [4.78, 5) is 18.5. The molecule has 0 aromatic heterocycles. The van der Waals surface area contributed by atoms with E-state index in [2.05, 4.69) is 4.31 Å². The molecule has 0 spiro atoms. The minimum absolute atomic E-state index is 0. The molecule has 0 saturated carbocycles. The molecule has 0 saturated heterocycles. The van der Waals surface area contributed by atoms with Gasteiger partial charge in [-0.1, -0.05) is 30.3 Å². The fourth-order valence-corrected chi connectivity index (χ4v) is 1.24. The predicted molar refractivity (Wildman–Crippen MR) is 58.1 cm³/mol. The Labute approximate surface area is 140 Å². The SMILES string of the molecule is ClCc1ccccc1.O=[P+]([O-])O[P+](=O)[O-].[Ba+2]. The van der Waals surface area contributed by atoms with Crippen LogP contribution >= 0.6 is 28.1 Å². The monoisotopic (exact) mass is 406 g/mol. The van der Waals surface area contributed by atoms with Gasteiger partial charge in [-0.05, 0) is 14.7 Å². The molecule has 2 atom stereocenters. The van der Waals surface area contributed by atoms with Crippen molar-refractivity contribution in [3.63, 3.8) is 0 Å². The molecule has 0 amide bonds. The molecule has 0 heterocycles. The van der Waals surface area contributed by atoms with E-state index >= 15 is 0 Å². The fraction of sp³-hybridized carbons (Fsp3) is 0.143. The van der Waals surface area contributed by atoms with Crippen LogP contribution in [0.5, 0.6) is 0 Å². The van der Waals surface area contributed by atoms with Gasteiger partial charge in [0.15, 0.2) is 0 Å². The standard InChI is InChI=1S/C7H7Cl.Ba.O5P2/c8-6-7-4-2-1-3-5-7;;1-6(2)5-7(3)4/h1-5H,6H2;;/q;+2;. The molecule has 16 heavy (non-hydrogen) atoms. The molecule has 0 N–H and O–H groups in total. The summed E-state index contributed by atoms with van der Waals surface area (Å²) in [6.07, 6.45) is 0. The number of benzene rings is 1. The van der Waals surface area contributed by atoms with E-state index in [-0.39, 0.29) is 48.9 Å². The first kappa shape index (κ1) is 19.5. The van der Waals surface area contributed by atoms with Gasteiger partial charge in [0.2, 0.25) is 0 Å². The summed E-state index contributed by atoms with van der Waals surface area (Å²) in [5.74, 6) is 0.612. The van der Waals surface area contributed by atoms with Gasteiger partial charge in [-0.25, -0.2) is 0 Å². The van der Waals surface area contributed by atoms with Gasteiger partial charge >= 0.3 is 65.4 Å². The molecule has 1 rings (SSSR count). The van der Waals surface area contributed by atoms with Crippen LogP contribution in [-0.4, -0.2) is 48.9 Å². The summed E-state index contributed by atoms with van der Waals surface area (Å²) in [6, 6.07) is 9.96. The molecule has 0 bridgehead atoms. The zero-order valence-corrected chi connectivity index (χ0v) is 15.1. The maximum Gasteiger partial charge on any atom is 2.00 e. The minimum Gasteiger partial charge on any atom is -0.563 e. The summed E-state index contributed by atoms with van der Waals surface area (Å²) in [6.45, 7) is 0. The Balaban J connectivity index is 0. The van der Waals surface area contributed by atoms with E-state index in [0.717, 1.165) is 0 Å².